The van der Waals surface area contributed by atoms with Crippen molar-refractivity contribution in [2.75, 3.05) is 26.9 Å². The minimum absolute atomic E-state index is 0.0819. The van der Waals surface area contributed by atoms with Crippen molar-refractivity contribution in [3.63, 3.8) is 0 Å². The van der Waals surface area contributed by atoms with Crippen LogP contribution in [-0.4, -0.2) is 77.7 Å². The fraction of sp³-hybridized carbons (Fsp3) is 0.703. The topological polar surface area (TPSA) is 140 Å². The average Bonchev–Trinajstić information content (AvgIpc) is 3.54. The maximum Gasteiger partial charge on any atom is 0.408 e. The van der Waals surface area contributed by atoms with Crippen LogP contribution in [0.4, 0.5) is 4.79 Å². The first-order valence-electron chi connectivity index (χ1n) is 18.0. The number of Topliss-reactive ketones (excluding diaryl/α,β-unsaturated/α-hetero) is 1. The lowest BCUT2D eigenvalue weighted by Crippen LogP contribution is -2.64. The second kappa shape index (κ2) is 14.2. The van der Waals surface area contributed by atoms with Gasteiger partial charge in [0.25, 0.3) is 5.56 Å². The smallest absolute Gasteiger partial charge is 0.408 e. The van der Waals surface area contributed by atoms with Crippen LogP contribution in [0.25, 0.3) is 11.0 Å². The molecule has 11 heteroatoms. The minimum atomic E-state index is -0.819. The highest BCUT2D eigenvalue weighted by Gasteiger charge is 2.55. The average molecular weight is 665 g/mol. The number of carbonyl (C=O) groups excluding carboxylic acids is 3. The van der Waals surface area contributed by atoms with Crippen LogP contribution < -0.4 is 15.6 Å². The second-order valence-electron chi connectivity index (χ2n) is 15.2. The summed E-state index contributed by atoms with van der Waals surface area (Å²) >= 11 is 0. The van der Waals surface area contributed by atoms with Gasteiger partial charge in [0, 0.05) is 23.9 Å². The maximum absolute atomic E-state index is 14.1. The van der Waals surface area contributed by atoms with E-state index in [0.29, 0.717) is 60.9 Å². The zero-order chi connectivity index (χ0) is 34.2. The Kier molecular flexibility index (Phi) is 10.2. The van der Waals surface area contributed by atoms with Crippen molar-refractivity contribution in [2.45, 2.75) is 104 Å². The van der Waals surface area contributed by atoms with Gasteiger partial charge in [-0.2, -0.15) is 0 Å². The number of ketones is 1. The van der Waals surface area contributed by atoms with Crippen LogP contribution in [0.1, 0.15) is 84.8 Å². The Morgan fingerprint density at radius 3 is 2.65 bits per heavy atom. The summed E-state index contributed by atoms with van der Waals surface area (Å²) in [5.41, 5.74) is 1.23. The number of H-pyrrole nitrogens is 1. The lowest BCUT2D eigenvalue weighted by Gasteiger charge is -2.45. The van der Waals surface area contributed by atoms with Gasteiger partial charge in [0.1, 0.15) is 23.6 Å². The van der Waals surface area contributed by atoms with Crippen molar-refractivity contribution >= 4 is 28.8 Å². The summed E-state index contributed by atoms with van der Waals surface area (Å²) in [6.07, 6.45) is 7.26. The number of aromatic nitrogens is 2. The van der Waals surface area contributed by atoms with E-state index in [1.165, 1.54) is 6.42 Å². The van der Waals surface area contributed by atoms with E-state index in [0.717, 1.165) is 50.5 Å². The van der Waals surface area contributed by atoms with Crippen LogP contribution in [0.15, 0.2) is 23.0 Å². The number of nitrogens with one attached hydrogen (secondary N) is 2. The first-order valence-corrected chi connectivity index (χ1v) is 18.0. The normalized spacial score (nSPS) is 27.8. The van der Waals surface area contributed by atoms with Crippen LogP contribution in [0.5, 0.6) is 5.75 Å². The second-order valence-corrected chi connectivity index (χ2v) is 15.2. The molecular formula is C37H52N4O7. The first-order chi connectivity index (χ1) is 23.0. The number of aryl methyl sites for hydroxylation is 1. The van der Waals surface area contributed by atoms with Gasteiger partial charge in [0.05, 0.1) is 37.4 Å². The largest absolute Gasteiger partial charge is 0.497 e. The highest BCUT2D eigenvalue weighted by Crippen LogP contribution is 2.57. The fourth-order valence-corrected chi connectivity index (χ4v) is 8.44. The lowest BCUT2D eigenvalue weighted by molar-refractivity contribution is -0.158. The molecule has 2 amide bonds. The molecular weight excluding hydrogens is 612 g/mol. The van der Waals surface area contributed by atoms with Crippen LogP contribution in [0.2, 0.25) is 0 Å². The van der Waals surface area contributed by atoms with E-state index in [1.54, 1.807) is 18.1 Å². The number of unbranched alkanes of at least 4 members (excludes halogenated alkanes) is 2. The van der Waals surface area contributed by atoms with Gasteiger partial charge in [-0.1, -0.05) is 47.0 Å². The Balaban J connectivity index is 1.03. The summed E-state index contributed by atoms with van der Waals surface area (Å²) in [5, 5.41) is 2.96. The number of aromatic amines is 1. The van der Waals surface area contributed by atoms with E-state index in [1.807, 2.05) is 32.9 Å². The zero-order valence-corrected chi connectivity index (χ0v) is 29.1. The van der Waals surface area contributed by atoms with Crippen LogP contribution in [-0.2, 0) is 25.5 Å². The Hall–Kier alpha value is -3.47. The number of ether oxygens (including phenoxy) is 3. The molecule has 2 aliphatic heterocycles. The van der Waals surface area contributed by atoms with Gasteiger partial charge in [0.2, 0.25) is 5.91 Å². The Bertz CT molecular complexity index is 1570. The Labute approximate surface area is 282 Å². The molecule has 1 aromatic heterocycles. The van der Waals surface area contributed by atoms with Crippen LogP contribution >= 0.6 is 0 Å². The molecule has 11 nitrogen and oxygen atoms in total. The van der Waals surface area contributed by atoms with Crippen molar-refractivity contribution < 1.29 is 28.6 Å². The monoisotopic (exact) mass is 664 g/mol. The van der Waals surface area contributed by atoms with E-state index < -0.39 is 23.6 Å². The molecule has 2 saturated heterocycles. The minimum Gasteiger partial charge on any atom is -0.497 e. The fourth-order valence-electron chi connectivity index (χ4n) is 8.44. The number of amides is 2. The third-order valence-electron chi connectivity index (χ3n) is 11.5. The Morgan fingerprint density at radius 2 is 1.96 bits per heavy atom. The molecule has 48 heavy (non-hydrogen) atoms. The molecule has 1 aromatic carbocycles. The van der Waals surface area contributed by atoms with Gasteiger partial charge in [-0.15, -0.1) is 0 Å². The molecule has 0 bridgehead atoms. The number of hydrogen-bond acceptors (Lipinski definition) is 8. The SMILES string of the molecule is CC[C@@H]1CCN(C(=O)C(NC(=O)OC2CC3CC3[C@H]2CCCCCc2nc3ccc(OC)cc3[nH]c2=O)C2(C)COC2)[C@@H]1C(=O)C(C)C. The van der Waals surface area contributed by atoms with Gasteiger partial charge in [0.15, 0.2) is 5.78 Å². The first kappa shape index (κ1) is 34.4. The van der Waals surface area contributed by atoms with Gasteiger partial charge >= 0.3 is 6.09 Å². The van der Waals surface area contributed by atoms with Crippen molar-refractivity contribution in [1.82, 2.24) is 20.2 Å². The molecule has 6 rings (SSSR count). The van der Waals surface area contributed by atoms with Crippen molar-refractivity contribution in [3.05, 3.63) is 34.2 Å². The summed E-state index contributed by atoms with van der Waals surface area (Å²) in [6, 6.07) is 4.19. The van der Waals surface area contributed by atoms with E-state index in [2.05, 4.69) is 22.2 Å². The highest BCUT2D eigenvalue weighted by molar-refractivity contribution is 5.94. The maximum atomic E-state index is 14.1. The molecule has 4 fully saturated rings. The van der Waals surface area contributed by atoms with Gasteiger partial charge in [-0.25, -0.2) is 9.78 Å². The predicted molar refractivity (Wildman–Crippen MR) is 181 cm³/mol. The third kappa shape index (κ3) is 6.98. The van der Waals surface area contributed by atoms with Crippen LogP contribution in [0, 0.1) is 35.0 Å². The summed E-state index contributed by atoms with van der Waals surface area (Å²) in [4.78, 5) is 62.7. The summed E-state index contributed by atoms with van der Waals surface area (Å²) in [6.45, 7) is 9.03. The standard InChI is InChI=1S/C37H52N4O7/c1-6-22-14-15-41(31(22)32(42)21(2)3)35(44)33(37(4)19-47-20-37)40-36(45)48-30-17-23-16-26(23)25(30)10-8-7-9-11-28-34(43)39-29-18-24(46-5)12-13-27(29)38-28/h12-13,18,21-23,25-26,30-31,33H,6-11,14-17,19-20H2,1-5H3,(H,39,43)(H,40,45)/t22-,23?,25-,26?,30?,31+,33?/m1/s1. The number of likely N-dealkylation sites (tertiary alicyclic amines) is 1. The molecule has 4 aliphatic rings. The molecule has 0 radical (unpaired) electrons. The van der Waals surface area contributed by atoms with E-state index in [9.17, 15) is 19.2 Å². The number of alkyl carbamates (subject to hydrolysis) is 1. The summed E-state index contributed by atoms with van der Waals surface area (Å²) in [7, 11) is 1.59. The quantitative estimate of drug-likeness (QED) is 0.268. The number of nitrogens with zero attached hydrogens (tertiary/aromatic N) is 2. The number of benzene rings is 1. The van der Waals surface area contributed by atoms with E-state index in [-0.39, 0.29) is 35.2 Å². The molecule has 4 unspecified atom stereocenters. The van der Waals surface area contributed by atoms with Gasteiger partial charge in [-0.3, -0.25) is 14.4 Å². The Morgan fingerprint density at radius 1 is 1.17 bits per heavy atom. The van der Waals surface area contributed by atoms with Crippen molar-refractivity contribution in [3.8, 4) is 5.75 Å². The predicted octanol–water partition coefficient (Wildman–Crippen LogP) is 5.04. The van der Waals surface area contributed by atoms with E-state index >= 15 is 0 Å². The molecule has 2 saturated carbocycles. The number of carbonyl (C=O) groups is 3. The molecule has 2 N–H and O–H groups in total. The third-order valence-corrected chi connectivity index (χ3v) is 11.5. The van der Waals surface area contributed by atoms with Crippen LogP contribution in [0.3, 0.4) is 0 Å². The summed E-state index contributed by atoms with van der Waals surface area (Å²) in [5.74, 6) is 1.97. The summed E-state index contributed by atoms with van der Waals surface area (Å²) < 4.78 is 16.8. The molecule has 3 heterocycles. The number of rotatable bonds is 14. The number of hydrogen-bond donors (Lipinski definition) is 2. The lowest BCUT2D eigenvalue weighted by atomic mass is 9.79. The molecule has 2 aliphatic carbocycles. The van der Waals surface area contributed by atoms with E-state index in [4.69, 9.17) is 14.2 Å². The van der Waals surface area contributed by atoms with Gasteiger partial charge in [-0.05, 0) is 74.3 Å². The molecule has 2 aromatic rings. The van der Waals surface area contributed by atoms with Crippen molar-refractivity contribution in [1.29, 1.82) is 0 Å². The highest BCUT2D eigenvalue weighted by atomic mass is 16.6. The number of fused-ring (bicyclic) bond motifs is 2. The molecule has 0 spiro atoms. The number of methoxy groups -OCH3 is 1. The van der Waals surface area contributed by atoms with Gasteiger partial charge < -0.3 is 29.4 Å². The molecule has 7 atom stereocenters. The zero-order valence-electron chi connectivity index (χ0n) is 29.1. The molecule has 262 valence electrons. The van der Waals surface area contributed by atoms with Crippen molar-refractivity contribution in [2.24, 2.45) is 35.0 Å².